The second kappa shape index (κ2) is 5.30. The van der Waals surface area contributed by atoms with Gasteiger partial charge in [0.25, 0.3) is 0 Å². The highest BCUT2D eigenvalue weighted by atomic mass is 32.2. The number of hydrogen-bond acceptors (Lipinski definition) is 5. The number of anilines is 1. The van der Waals surface area contributed by atoms with Gasteiger partial charge < -0.3 is 10.6 Å². The van der Waals surface area contributed by atoms with E-state index in [2.05, 4.69) is 20.8 Å². The molecule has 2 rings (SSSR count). The Labute approximate surface area is 112 Å². The van der Waals surface area contributed by atoms with Crippen LogP contribution >= 0.6 is 0 Å². The van der Waals surface area contributed by atoms with Crippen molar-refractivity contribution < 1.29 is 13.2 Å². The number of aromatic nitrogens is 2. The smallest absolute Gasteiger partial charge is 0.227 e. The van der Waals surface area contributed by atoms with Crippen LogP contribution < -0.4 is 10.6 Å². The van der Waals surface area contributed by atoms with Gasteiger partial charge in [-0.3, -0.25) is 9.89 Å². The fourth-order valence-corrected chi connectivity index (χ4v) is 3.46. The Balaban J connectivity index is 1.93. The maximum absolute atomic E-state index is 11.9. The predicted molar refractivity (Wildman–Crippen MR) is 71.8 cm³/mol. The molecule has 0 bridgehead atoms. The Kier molecular flexibility index (Phi) is 3.91. The van der Waals surface area contributed by atoms with Gasteiger partial charge in [-0.05, 0) is 13.8 Å². The van der Waals surface area contributed by atoms with E-state index in [-0.39, 0.29) is 29.9 Å². The van der Waals surface area contributed by atoms with Gasteiger partial charge in [0.2, 0.25) is 5.91 Å². The average Bonchev–Trinajstić information content (AvgIpc) is 2.59. The minimum Gasteiger partial charge on any atom is -0.311 e. The summed E-state index contributed by atoms with van der Waals surface area (Å²) in [6.07, 6.45) is 0.130. The summed E-state index contributed by atoms with van der Waals surface area (Å²) in [4.78, 5) is 11.9. The first kappa shape index (κ1) is 14.0. The molecule has 0 radical (unpaired) electrons. The van der Waals surface area contributed by atoms with Crippen molar-refractivity contribution in [3.63, 3.8) is 0 Å². The molecule has 1 aliphatic rings. The molecule has 106 valence electrons. The second-order valence-corrected chi connectivity index (χ2v) is 7.07. The topological polar surface area (TPSA) is 104 Å². The summed E-state index contributed by atoms with van der Waals surface area (Å²) in [5, 5.41) is 12.5. The molecule has 1 aromatic rings. The van der Waals surface area contributed by atoms with E-state index in [1.54, 1.807) is 0 Å². The number of rotatable bonds is 3. The van der Waals surface area contributed by atoms with E-state index >= 15 is 0 Å². The standard InChI is InChI=1S/C11H18N4O3S/c1-7-8(2)14-15-11(7)13-10(16)5-9-6-19(17,18)4-3-12-9/h9,12H,3-6H2,1-2H3,(H2,13,14,15,16). The number of aromatic amines is 1. The van der Waals surface area contributed by atoms with E-state index in [0.717, 1.165) is 11.3 Å². The first-order valence-electron chi connectivity index (χ1n) is 6.12. The van der Waals surface area contributed by atoms with E-state index in [0.29, 0.717) is 12.4 Å². The van der Waals surface area contributed by atoms with Crippen LogP contribution in [0.15, 0.2) is 0 Å². The Bertz CT molecular complexity index is 579. The number of nitrogens with zero attached hydrogens (tertiary/aromatic N) is 1. The number of amides is 1. The van der Waals surface area contributed by atoms with E-state index in [9.17, 15) is 13.2 Å². The van der Waals surface area contributed by atoms with Crippen molar-refractivity contribution in [1.29, 1.82) is 0 Å². The molecular formula is C11H18N4O3S. The number of hydrogen-bond donors (Lipinski definition) is 3. The molecule has 0 saturated carbocycles. The molecule has 0 spiro atoms. The highest BCUT2D eigenvalue weighted by Crippen LogP contribution is 2.14. The lowest BCUT2D eigenvalue weighted by atomic mass is 10.2. The number of nitrogens with one attached hydrogen (secondary N) is 3. The van der Waals surface area contributed by atoms with Gasteiger partial charge in [-0.15, -0.1) is 0 Å². The summed E-state index contributed by atoms with van der Waals surface area (Å²) in [7, 11) is -3.02. The first-order chi connectivity index (χ1) is 8.87. The Hall–Kier alpha value is -1.41. The third kappa shape index (κ3) is 3.54. The fraction of sp³-hybridized carbons (Fsp3) is 0.636. The van der Waals surface area contributed by atoms with Crippen molar-refractivity contribution >= 4 is 21.6 Å². The fourth-order valence-electron chi connectivity index (χ4n) is 2.01. The van der Waals surface area contributed by atoms with Gasteiger partial charge in [0.15, 0.2) is 15.7 Å². The molecular weight excluding hydrogens is 268 g/mol. The van der Waals surface area contributed by atoms with Crippen LogP contribution in [0.4, 0.5) is 5.82 Å². The second-order valence-electron chi connectivity index (χ2n) is 4.84. The van der Waals surface area contributed by atoms with Crippen molar-refractivity contribution in [2.45, 2.75) is 26.3 Å². The molecule has 1 atom stereocenters. The maximum Gasteiger partial charge on any atom is 0.227 e. The quantitative estimate of drug-likeness (QED) is 0.710. The Morgan fingerprint density at radius 2 is 2.21 bits per heavy atom. The zero-order chi connectivity index (χ0) is 14.0. The molecule has 8 heteroatoms. The molecule has 0 aliphatic carbocycles. The van der Waals surface area contributed by atoms with Gasteiger partial charge in [-0.1, -0.05) is 0 Å². The van der Waals surface area contributed by atoms with Crippen molar-refractivity contribution in [1.82, 2.24) is 15.5 Å². The molecule has 2 heterocycles. The summed E-state index contributed by atoms with van der Waals surface area (Å²) in [5.74, 6) is 0.423. The van der Waals surface area contributed by atoms with E-state index in [4.69, 9.17) is 0 Å². The van der Waals surface area contributed by atoms with Crippen LogP contribution in [0.2, 0.25) is 0 Å². The zero-order valence-corrected chi connectivity index (χ0v) is 11.8. The van der Waals surface area contributed by atoms with Gasteiger partial charge in [0.05, 0.1) is 11.5 Å². The van der Waals surface area contributed by atoms with Crippen molar-refractivity contribution in [3.05, 3.63) is 11.3 Å². The first-order valence-corrected chi connectivity index (χ1v) is 7.95. The van der Waals surface area contributed by atoms with Crippen LogP contribution in [0.3, 0.4) is 0 Å². The Morgan fingerprint density at radius 3 is 2.79 bits per heavy atom. The minimum atomic E-state index is -3.02. The van der Waals surface area contributed by atoms with E-state index < -0.39 is 9.84 Å². The summed E-state index contributed by atoms with van der Waals surface area (Å²) < 4.78 is 22.9. The minimum absolute atomic E-state index is 0.0129. The van der Waals surface area contributed by atoms with E-state index in [1.807, 2.05) is 13.8 Å². The molecule has 1 aliphatic heterocycles. The molecule has 7 nitrogen and oxygen atoms in total. The summed E-state index contributed by atoms with van der Waals surface area (Å²) in [5.41, 5.74) is 1.78. The third-order valence-electron chi connectivity index (χ3n) is 3.24. The van der Waals surface area contributed by atoms with Crippen LogP contribution in [-0.4, -0.2) is 48.6 Å². The van der Waals surface area contributed by atoms with Crippen molar-refractivity contribution in [2.24, 2.45) is 0 Å². The number of sulfone groups is 1. The molecule has 1 unspecified atom stereocenters. The van der Waals surface area contributed by atoms with Gasteiger partial charge in [-0.2, -0.15) is 5.10 Å². The molecule has 1 fully saturated rings. The lowest BCUT2D eigenvalue weighted by Gasteiger charge is -2.22. The molecule has 1 aromatic heterocycles. The van der Waals surface area contributed by atoms with Crippen LogP contribution in [0.1, 0.15) is 17.7 Å². The number of carbonyl (C=O) groups excluding carboxylic acids is 1. The predicted octanol–water partition coefficient (Wildman–Crippen LogP) is -0.258. The molecule has 0 aromatic carbocycles. The van der Waals surface area contributed by atoms with Gasteiger partial charge in [-0.25, -0.2) is 8.42 Å². The average molecular weight is 286 g/mol. The van der Waals surface area contributed by atoms with Crippen molar-refractivity contribution in [3.8, 4) is 0 Å². The molecule has 1 saturated heterocycles. The number of aryl methyl sites for hydroxylation is 1. The Morgan fingerprint density at radius 1 is 1.47 bits per heavy atom. The zero-order valence-electron chi connectivity index (χ0n) is 11.0. The highest BCUT2D eigenvalue weighted by molar-refractivity contribution is 7.91. The molecule has 3 N–H and O–H groups in total. The highest BCUT2D eigenvalue weighted by Gasteiger charge is 2.26. The normalized spacial score (nSPS) is 22.1. The molecule has 19 heavy (non-hydrogen) atoms. The van der Waals surface area contributed by atoms with Crippen LogP contribution in [0.25, 0.3) is 0 Å². The van der Waals surface area contributed by atoms with Crippen molar-refractivity contribution in [2.75, 3.05) is 23.4 Å². The summed E-state index contributed by atoms with van der Waals surface area (Å²) >= 11 is 0. The number of H-pyrrole nitrogens is 1. The monoisotopic (exact) mass is 286 g/mol. The summed E-state index contributed by atoms with van der Waals surface area (Å²) in [6.45, 7) is 4.13. The van der Waals surface area contributed by atoms with Crippen LogP contribution in [0, 0.1) is 13.8 Å². The molecule has 1 amide bonds. The van der Waals surface area contributed by atoms with E-state index in [1.165, 1.54) is 0 Å². The van der Waals surface area contributed by atoms with Crippen LogP contribution in [0.5, 0.6) is 0 Å². The SMILES string of the molecule is Cc1[nH]nc(NC(=O)CC2CS(=O)(=O)CCN2)c1C. The van der Waals surface area contributed by atoms with Gasteiger partial charge >= 0.3 is 0 Å². The van der Waals surface area contributed by atoms with Gasteiger partial charge in [0, 0.05) is 30.3 Å². The lowest BCUT2D eigenvalue weighted by Crippen LogP contribution is -2.46. The maximum atomic E-state index is 11.9. The number of carbonyl (C=O) groups is 1. The largest absolute Gasteiger partial charge is 0.311 e. The lowest BCUT2D eigenvalue weighted by molar-refractivity contribution is -0.116. The van der Waals surface area contributed by atoms with Crippen LogP contribution in [-0.2, 0) is 14.6 Å². The third-order valence-corrected chi connectivity index (χ3v) is 4.98. The summed E-state index contributed by atoms with van der Waals surface area (Å²) in [6, 6.07) is -0.320. The van der Waals surface area contributed by atoms with Gasteiger partial charge in [0.1, 0.15) is 0 Å².